The van der Waals surface area contributed by atoms with Gasteiger partial charge in [-0.2, -0.15) is 0 Å². The number of hydrogen-bond donors (Lipinski definition) is 1. The zero-order valence-corrected chi connectivity index (χ0v) is 20.5. The second-order valence-corrected chi connectivity index (χ2v) is 8.28. The quantitative estimate of drug-likeness (QED) is 0.292. The second kappa shape index (κ2) is 11.6. The number of aromatic nitrogens is 2. The topological polar surface area (TPSA) is 74.6 Å². The van der Waals surface area contributed by atoms with Gasteiger partial charge in [0.25, 0.3) is 5.91 Å². The third-order valence-electron chi connectivity index (χ3n) is 5.65. The predicted octanol–water partition coefficient (Wildman–Crippen LogP) is 5.15. The highest BCUT2D eigenvalue weighted by atomic mass is 35.5. The average Bonchev–Trinajstić information content (AvgIpc) is 3.24. The summed E-state index contributed by atoms with van der Waals surface area (Å²) >= 11 is 6.21. The monoisotopic (exact) mass is 493 g/mol. The highest BCUT2D eigenvalue weighted by molar-refractivity contribution is 6.32. The van der Waals surface area contributed by atoms with E-state index in [9.17, 15) is 4.79 Å². The molecule has 4 aromatic rings. The van der Waals surface area contributed by atoms with E-state index in [4.69, 9.17) is 30.8 Å². The number of hydrogen-bond acceptors (Lipinski definition) is 5. The molecule has 0 unspecified atom stereocenters. The Bertz CT molecular complexity index is 1300. The molecule has 8 heteroatoms. The van der Waals surface area contributed by atoms with Crippen molar-refractivity contribution in [1.29, 1.82) is 0 Å². The maximum Gasteiger partial charge on any atom is 0.251 e. The van der Waals surface area contributed by atoms with Crippen LogP contribution in [0.25, 0.3) is 11.0 Å². The molecule has 0 bridgehead atoms. The summed E-state index contributed by atoms with van der Waals surface area (Å²) in [6, 6.07) is 20.6. The molecule has 7 nitrogen and oxygen atoms in total. The highest BCUT2D eigenvalue weighted by Crippen LogP contribution is 2.27. The van der Waals surface area contributed by atoms with Gasteiger partial charge in [-0.25, -0.2) is 4.98 Å². The summed E-state index contributed by atoms with van der Waals surface area (Å²) in [4.78, 5) is 17.4. The highest BCUT2D eigenvalue weighted by Gasteiger charge is 2.13. The summed E-state index contributed by atoms with van der Waals surface area (Å²) in [5.74, 6) is 2.56. The molecule has 0 saturated heterocycles. The van der Waals surface area contributed by atoms with Gasteiger partial charge in [-0.15, -0.1) is 0 Å². The van der Waals surface area contributed by atoms with Crippen LogP contribution in [-0.2, 0) is 13.0 Å². The van der Waals surface area contributed by atoms with E-state index < -0.39 is 0 Å². The van der Waals surface area contributed by atoms with Gasteiger partial charge < -0.3 is 24.1 Å². The van der Waals surface area contributed by atoms with E-state index in [2.05, 4.69) is 16.0 Å². The second-order valence-electron chi connectivity index (χ2n) is 7.88. The normalized spacial score (nSPS) is 10.8. The summed E-state index contributed by atoms with van der Waals surface area (Å²) in [5, 5.41) is 3.56. The Morgan fingerprint density at radius 2 is 1.74 bits per heavy atom. The van der Waals surface area contributed by atoms with E-state index in [1.54, 1.807) is 32.4 Å². The first-order valence-electron chi connectivity index (χ1n) is 11.4. The first kappa shape index (κ1) is 24.4. The summed E-state index contributed by atoms with van der Waals surface area (Å²) in [6.45, 7) is 1.62. The Balaban J connectivity index is 1.36. The van der Waals surface area contributed by atoms with Crippen LogP contribution in [0.5, 0.6) is 17.2 Å². The lowest BCUT2D eigenvalue weighted by molar-refractivity contribution is 0.0952. The molecule has 0 aliphatic heterocycles. The number of rotatable bonds is 11. The molecule has 3 aromatic carbocycles. The Kier molecular flexibility index (Phi) is 8.11. The molecule has 0 radical (unpaired) electrons. The molecule has 0 fully saturated rings. The van der Waals surface area contributed by atoms with Crippen LogP contribution < -0.4 is 19.5 Å². The Morgan fingerprint density at radius 3 is 2.54 bits per heavy atom. The number of methoxy groups -OCH3 is 2. The molecule has 182 valence electrons. The standard InChI is InChI=1S/C27H28ClN3O4/c1-33-24-14-13-19(18-25(24)34-2)27(32)29-15-7-12-26-30-21-9-4-5-10-22(21)31(26)16-17-35-23-11-6-3-8-20(23)28/h3-6,8-11,13-14,18H,7,12,15-17H2,1-2H3,(H,29,32). The molecule has 1 aromatic heterocycles. The maximum atomic E-state index is 12.6. The molecule has 1 heterocycles. The smallest absolute Gasteiger partial charge is 0.251 e. The minimum absolute atomic E-state index is 0.160. The number of fused-ring (bicyclic) bond motifs is 1. The number of nitrogens with zero attached hydrogens (tertiary/aromatic N) is 2. The molecule has 0 spiro atoms. The van der Waals surface area contributed by atoms with Crippen LogP contribution in [0.1, 0.15) is 22.6 Å². The molecule has 0 saturated carbocycles. The zero-order chi connectivity index (χ0) is 24.6. The zero-order valence-electron chi connectivity index (χ0n) is 19.8. The largest absolute Gasteiger partial charge is 0.493 e. The third kappa shape index (κ3) is 5.87. The molecule has 0 atom stereocenters. The van der Waals surface area contributed by atoms with Gasteiger partial charge in [-0.3, -0.25) is 4.79 Å². The number of para-hydroxylation sites is 3. The maximum absolute atomic E-state index is 12.6. The van der Waals surface area contributed by atoms with Gasteiger partial charge in [0.2, 0.25) is 0 Å². The van der Waals surface area contributed by atoms with Crippen LogP contribution >= 0.6 is 11.6 Å². The lowest BCUT2D eigenvalue weighted by Crippen LogP contribution is -2.25. The van der Waals surface area contributed by atoms with Crippen molar-refractivity contribution in [2.75, 3.05) is 27.4 Å². The van der Waals surface area contributed by atoms with E-state index in [0.717, 1.165) is 23.3 Å². The van der Waals surface area contributed by atoms with E-state index >= 15 is 0 Å². The van der Waals surface area contributed by atoms with Crippen molar-refractivity contribution in [1.82, 2.24) is 14.9 Å². The SMILES string of the molecule is COc1ccc(C(=O)NCCCc2nc3ccccc3n2CCOc2ccccc2Cl)cc1OC. The van der Waals surface area contributed by atoms with Gasteiger partial charge in [0.1, 0.15) is 18.2 Å². The van der Waals surface area contributed by atoms with E-state index in [-0.39, 0.29) is 5.91 Å². The fourth-order valence-corrected chi connectivity index (χ4v) is 4.09. The molecule has 4 rings (SSSR count). The summed E-state index contributed by atoms with van der Waals surface area (Å²) in [7, 11) is 3.11. The number of benzene rings is 3. The van der Waals surface area contributed by atoms with Crippen molar-refractivity contribution in [2.45, 2.75) is 19.4 Å². The molecular formula is C27H28ClN3O4. The minimum atomic E-state index is -0.160. The molecule has 1 N–H and O–H groups in total. The Morgan fingerprint density at radius 1 is 0.971 bits per heavy atom. The number of ether oxygens (including phenoxy) is 3. The lowest BCUT2D eigenvalue weighted by Gasteiger charge is -2.12. The number of amides is 1. The molecule has 35 heavy (non-hydrogen) atoms. The van der Waals surface area contributed by atoms with Crippen LogP contribution in [0.4, 0.5) is 0 Å². The van der Waals surface area contributed by atoms with Gasteiger partial charge in [0, 0.05) is 18.5 Å². The fourth-order valence-electron chi connectivity index (χ4n) is 3.90. The summed E-state index contributed by atoms with van der Waals surface area (Å²) in [5.41, 5.74) is 2.51. The molecule has 1 amide bonds. The number of carbonyl (C=O) groups is 1. The molecule has 0 aliphatic carbocycles. The van der Waals surface area contributed by atoms with Crippen molar-refractivity contribution >= 4 is 28.5 Å². The lowest BCUT2D eigenvalue weighted by atomic mass is 10.2. The summed E-state index contributed by atoms with van der Waals surface area (Å²) in [6.07, 6.45) is 1.46. The number of aryl methyl sites for hydroxylation is 1. The Labute approximate surface area is 209 Å². The van der Waals surface area contributed by atoms with Gasteiger partial charge in [-0.1, -0.05) is 35.9 Å². The number of carbonyl (C=O) groups excluding carboxylic acids is 1. The van der Waals surface area contributed by atoms with E-state index in [1.165, 1.54) is 0 Å². The fraction of sp³-hybridized carbons (Fsp3) is 0.259. The van der Waals surface area contributed by atoms with Crippen molar-refractivity contribution in [3.05, 3.63) is 83.1 Å². The van der Waals surface area contributed by atoms with Crippen LogP contribution in [0.15, 0.2) is 66.7 Å². The molecule has 0 aliphatic rings. The van der Waals surface area contributed by atoms with E-state index in [1.807, 2.05) is 42.5 Å². The summed E-state index contributed by atoms with van der Waals surface area (Å²) < 4.78 is 18.6. The van der Waals surface area contributed by atoms with Gasteiger partial charge in [-0.05, 0) is 48.9 Å². The molecular weight excluding hydrogens is 466 g/mol. The Hall–Kier alpha value is -3.71. The van der Waals surface area contributed by atoms with Gasteiger partial charge >= 0.3 is 0 Å². The first-order valence-corrected chi connectivity index (χ1v) is 11.8. The van der Waals surface area contributed by atoms with Gasteiger partial charge in [0.15, 0.2) is 11.5 Å². The number of nitrogens with one attached hydrogen (secondary N) is 1. The minimum Gasteiger partial charge on any atom is -0.493 e. The predicted molar refractivity (Wildman–Crippen MR) is 137 cm³/mol. The van der Waals surface area contributed by atoms with Crippen LogP contribution in [-0.4, -0.2) is 42.8 Å². The number of halogens is 1. The van der Waals surface area contributed by atoms with Crippen molar-refractivity contribution < 1.29 is 19.0 Å². The average molecular weight is 494 g/mol. The van der Waals surface area contributed by atoms with Gasteiger partial charge in [0.05, 0.1) is 36.8 Å². The van der Waals surface area contributed by atoms with Crippen LogP contribution in [0.2, 0.25) is 5.02 Å². The third-order valence-corrected chi connectivity index (χ3v) is 5.96. The van der Waals surface area contributed by atoms with Crippen molar-refractivity contribution in [2.24, 2.45) is 0 Å². The first-order chi connectivity index (χ1) is 17.1. The van der Waals surface area contributed by atoms with Crippen molar-refractivity contribution in [3.63, 3.8) is 0 Å². The van der Waals surface area contributed by atoms with Crippen LogP contribution in [0, 0.1) is 0 Å². The van der Waals surface area contributed by atoms with Crippen LogP contribution in [0.3, 0.4) is 0 Å². The van der Waals surface area contributed by atoms with Crippen molar-refractivity contribution in [3.8, 4) is 17.2 Å². The number of imidazole rings is 1. The van der Waals surface area contributed by atoms with E-state index in [0.29, 0.717) is 54.0 Å².